The number of fused-ring (bicyclic) bond motifs is 1. The highest BCUT2D eigenvalue weighted by atomic mass is 16.3. The van der Waals surface area contributed by atoms with Crippen LogP contribution in [0.4, 0.5) is 0 Å². The number of phenols is 1. The van der Waals surface area contributed by atoms with Gasteiger partial charge in [-0.15, -0.1) is 0 Å². The molecule has 0 aromatic heterocycles. The van der Waals surface area contributed by atoms with Gasteiger partial charge in [0, 0.05) is 38.9 Å². The molecule has 29 heteroatoms. The number of hydrogen-bond donors (Lipinski definition) is 15. The molecule has 2 aliphatic rings. The SMILES string of the molecule is CCCNC(=O)C[C@@H]1NC(=O)[C@@H](CCCN=C(N)N)NC(=O)[C@H](Cc2ccccc2)NC(=O)[C@@H]2CCCN2C(=O)[C@@H](Cc2ccccc2)NC(=O)[C@@H](CC(N)=O)NC(=O)[C@H](CCCN)NC(=O)[C@H](C(C)C)NC(=O)[C@H](Cc2ccc(O)cc2)NC(=O)[C@@H](CC(C)C)NC1=O. The summed E-state index contributed by atoms with van der Waals surface area (Å²) in [6.07, 6.45) is -1.18. The Labute approximate surface area is 547 Å². The number of primary amides is 1. The Kier molecular flexibility index (Phi) is 30.1. The number of aromatic hydroxyl groups is 1. The third kappa shape index (κ3) is 24.4. The fourth-order valence-electron chi connectivity index (χ4n) is 10.8. The van der Waals surface area contributed by atoms with Crippen molar-refractivity contribution in [3.8, 4) is 5.75 Å². The van der Waals surface area contributed by atoms with E-state index in [4.69, 9.17) is 22.9 Å². The number of phenolic OH excluding ortho intramolecular Hbond substituents is 1. The number of hydrogen-bond acceptors (Lipinski definition) is 15. The Bertz CT molecular complexity index is 3110. The van der Waals surface area contributed by atoms with Gasteiger partial charge in [0.05, 0.1) is 12.8 Å². The lowest BCUT2D eigenvalue weighted by atomic mass is 9.98. The monoisotopic (exact) mass is 1310 g/mol. The van der Waals surface area contributed by atoms with Crippen LogP contribution >= 0.6 is 0 Å². The second kappa shape index (κ2) is 37.7. The average molecular weight is 1310 g/mol. The molecule has 2 aliphatic heterocycles. The predicted molar refractivity (Wildman–Crippen MR) is 348 cm³/mol. The molecule has 19 N–H and O–H groups in total. The molecule has 94 heavy (non-hydrogen) atoms. The standard InChI is InChI=1S/C65H94N16O13/c1-6-28-70-53(84)36-49-60(90)74-45(31-37(2)3)57(87)75-47(33-41-23-25-42(82)26-24-41)61(91)80-54(38(4)5)63(93)73-43(20-13-27-66)55(85)76-48(35-52(67)83)59(89)79-50(34-40-18-11-8-12-19-40)64(94)81-30-15-22-51(81)62(92)78-46(32-39-16-9-7-10-17-39)58(88)72-44(56(86)77-49)21-14-29-71-65(68)69/h7-12,16-19,23-26,37-38,43-51,54,82H,6,13-15,20-22,27-36,66H2,1-5H3,(H2,67,83)(H,70,84)(H,72,88)(H,73,93)(H,74,90)(H,75,87)(H,76,85)(H,77,86)(H,78,92)(H,79,89)(H,80,91)(H4,68,69,71)/t43-,44+,45+,46-,47-,48+,49-,50+,51-,54-/m0/s1. The Morgan fingerprint density at radius 2 is 1.00 bits per heavy atom. The third-order valence-corrected chi connectivity index (χ3v) is 15.8. The molecule has 3 aromatic carbocycles. The van der Waals surface area contributed by atoms with Crippen LogP contribution in [-0.2, 0) is 76.8 Å². The molecular weight excluding hydrogens is 1210 g/mol. The van der Waals surface area contributed by atoms with E-state index in [-0.39, 0.29) is 102 Å². The van der Waals surface area contributed by atoms with E-state index in [0.717, 1.165) is 0 Å². The van der Waals surface area contributed by atoms with E-state index in [1.807, 2.05) is 0 Å². The van der Waals surface area contributed by atoms with E-state index in [0.29, 0.717) is 29.5 Å². The minimum absolute atomic E-state index is 0.0145. The van der Waals surface area contributed by atoms with Crippen LogP contribution in [0.1, 0.15) is 116 Å². The van der Waals surface area contributed by atoms with Gasteiger partial charge in [-0.3, -0.25) is 62.5 Å². The maximum Gasteiger partial charge on any atom is 0.246 e. The summed E-state index contributed by atoms with van der Waals surface area (Å²) in [5.74, 6) is -12.1. The largest absolute Gasteiger partial charge is 0.508 e. The third-order valence-electron chi connectivity index (χ3n) is 15.8. The van der Waals surface area contributed by atoms with Gasteiger partial charge in [-0.25, -0.2) is 0 Å². The summed E-state index contributed by atoms with van der Waals surface area (Å²) in [5, 5.41) is 36.9. The molecule has 0 radical (unpaired) electrons. The van der Waals surface area contributed by atoms with Crippen molar-refractivity contribution in [2.75, 3.05) is 26.2 Å². The number of nitrogens with zero attached hydrogens (tertiary/aromatic N) is 2. The van der Waals surface area contributed by atoms with Crippen molar-refractivity contribution in [2.24, 2.45) is 39.8 Å². The van der Waals surface area contributed by atoms with Gasteiger partial charge in [-0.1, -0.05) is 107 Å². The van der Waals surface area contributed by atoms with Crippen LogP contribution in [-0.4, -0.2) is 173 Å². The van der Waals surface area contributed by atoms with Crippen molar-refractivity contribution in [2.45, 2.75) is 179 Å². The van der Waals surface area contributed by atoms with Gasteiger partial charge < -0.3 is 86.1 Å². The quantitative estimate of drug-likeness (QED) is 0.0296. The van der Waals surface area contributed by atoms with E-state index in [1.165, 1.54) is 29.2 Å². The Balaban J connectivity index is 1.67. The highest BCUT2D eigenvalue weighted by Crippen LogP contribution is 2.22. The van der Waals surface area contributed by atoms with Crippen LogP contribution in [0, 0.1) is 11.8 Å². The molecule has 0 saturated carbocycles. The maximum absolute atomic E-state index is 15.1. The highest BCUT2D eigenvalue weighted by molar-refractivity contribution is 6.01. The topological polar surface area (TPSA) is 465 Å². The molecule has 2 fully saturated rings. The number of aliphatic imine (C=N–C) groups is 1. The zero-order valence-electron chi connectivity index (χ0n) is 54.1. The van der Waals surface area contributed by atoms with Crippen molar-refractivity contribution < 1.29 is 62.6 Å². The number of carbonyl (C=O) groups is 12. The molecule has 2 heterocycles. The van der Waals surface area contributed by atoms with Gasteiger partial charge in [0.2, 0.25) is 70.9 Å². The number of nitrogens with two attached hydrogens (primary N) is 4. The first-order chi connectivity index (χ1) is 44.8. The maximum atomic E-state index is 15.1. The first kappa shape index (κ1) is 75.1. The van der Waals surface area contributed by atoms with Crippen LogP contribution in [0.2, 0.25) is 0 Å². The molecule has 0 aliphatic carbocycles. The minimum atomic E-state index is -1.74. The number of nitrogens with one attached hydrogen (secondary N) is 10. The van der Waals surface area contributed by atoms with Crippen molar-refractivity contribution in [1.29, 1.82) is 0 Å². The minimum Gasteiger partial charge on any atom is -0.508 e. The molecule has 2 saturated heterocycles. The molecule has 0 bridgehead atoms. The lowest BCUT2D eigenvalue weighted by molar-refractivity contribution is -0.142. The zero-order chi connectivity index (χ0) is 69.0. The van der Waals surface area contributed by atoms with E-state index in [1.54, 1.807) is 95.3 Å². The average Bonchev–Trinajstić information content (AvgIpc) is 1.57. The fraction of sp³-hybridized carbons (Fsp3) is 0.523. The lowest BCUT2D eigenvalue weighted by Gasteiger charge is -2.31. The summed E-state index contributed by atoms with van der Waals surface area (Å²) in [4.78, 5) is 179. The molecule has 29 nitrogen and oxygen atoms in total. The van der Waals surface area contributed by atoms with Gasteiger partial charge in [0.25, 0.3) is 0 Å². The highest BCUT2D eigenvalue weighted by Gasteiger charge is 2.42. The Morgan fingerprint density at radius 1 is 0.553 bits per heavy atom. The molecule has 10 atom stereocenters. The molecule has 3 aromatic rings. The molecule has 12 amide bonds. The lowest BCUT2D eigenvalue weighted by Crippen LogP contribution is -2.62. The van der Waals surface area contributed by atoms with E-state index >= 15 is 4.79 Å². The summed E-state index contributed by atoms with van der Waals surface area (Å²) in [6.45, 7) is 8.76. The number of rotatable bonds is 22. The van der Waals surface area contributed by atoms with E-state index in [2.05, 4.69) is 58.2 Å². The van der Waals surface area contributed by atoms with Crippen molar-refractivity contribution in [1.82, 2.24) is 58.1 Å². The number of carbonyl (C=O) groups excluding carboxylic acids is 12. The van der Waals surface area contributed by atoms with E-state index in [9.17, 15) is 57.8 Å². The smallest absolute Gasteiger partial charge is 0.246 e. The summed E-state index contributed by atoms with van der Waals surface area (Å²) in [5.41, 5.74) is 24.4. The molecule has 512 valence electrons. The van der Waals surface area contributed by atoms with Gasteiger partial charge in [-0.05, 0) is 98.6 Å². The first-order valence-electron chi connectivity index (χ1n) is 32.0. The van der Waals surface area contributed by atoms with Gasteiger partial charge in [-0.2, -0.15) is 0 Å². The van der Waals surface area contributed by atoms with Crippen LogP contribution < -0.4 is 76.1 Å². The first-order valence-corrected chi connectivity index (χ1v) is 32.0. The van der Waals surface area contributed by atoms with E-state index < -0.39 is 150 Å². The summed E-state index contributed by atoms with van der Waals surface area (Å²) < 4.78 is 0. The van der Waals surface area contributed by atoms with Crippen LogP contribution in [0.25, 0.3) is 0 Å². The molecule has 0 unspecified atom stereocenters. The second-order valence-electron chi connectivity index (χ2n) is 24.4. The van der Waals surface area contributed by atoms with Crippen LogP contribution in [0.15, 0.2) is 89.9 Å². The Hall–Kier alpha value is -9.67. The van der Waals surface area contributed by atoms with Gasteiger partial charge >= 0.3 is 0 Å². The summed E-state index contributed by atoms with van der Waals surface area (Å²) in [7, 11) is 0. The number of benzene rings is 3. The van der Waals surface area contributed by atoms with Crippen molar-refractivity contribution >= 4 is 76.8 Å². The van der Waals surface area contributed by atoms with Crippen molar-refractivity contribution in [3.05, 3.63) is 102 Å². The normalized spacial score (nSPS) is 23.6. The van der Waals surface area contributed by atoms with Crippen LogP contribution in [0.5, 0.6) is 5.75 Å². The fourth-order valence-corrected chi connectivity index (χ4v) is 10.8. The second-order valence-corrected chi connectivity index (χ2v) is 24.4. The van der Waals surface area contributed by atoms with Gasteiger partial charge in [0.15, 0.2) is 5.96 Å². The number of amides is 12. The van der Waals surface area contributed by atoms with Crippen molar-refractivity contribution in [3.63, 3.8) is 0 Å². The number of guanidine groups is 1. The molecule has 0 spiro atoms. The summed E-state index contributed by atoms with van der Waals surface area (Å²) in [6, 6.07) is 7.92. The zero-order valence-corrected chi connectivity index (χ0v) is 54.1. The predicted octanol–water partition coefficient (Wildman–Crippen LogP) is -1.93. The molecule has 5 rings (SSSR count). The Morgan fingerprint density at radius 3 is 1.53 bits per heavy atom. The van der Waals surface area contributed by atoms with Gasteiger partial charge in [0.1, 0.15) is 66.2 Å². The summed E-state index contributed by atoms with van der Waals surface area (Å²) >= 11 is 0. The van der Waals surface area contributed by atoms with Crippen LogP contribution in [0.3, 0.4) is 0 Å². The molecular formula is C65H94N16O13.